The number of aromatic nitrogens is 1. The van der Waals surface area contributed by atoms with E-state index in [1.54, 1.807) is 0 Å². The number of carbonyl (C=O) groups is 2. The van der Waals surface area contributed by atoms with Gasteiger partial charge in [-0.25, -0.2) is 14.6 Å². The highest BCUT2D eigenvalue weighted by atomic mass is 16.4. The first-order valence-electron chi connectivity index (χ1n) is 4.73. The predicted molar refractivity (Wildman–Crippen MR) is 59.0 cm³/mol. The molecule has 0 saturated heterocycles. The third-order valence-corrected chi connectivity index (χ3v) is 2.34. The van der Waals surface area contributed by atoms with Gasteiger partial charge in [0.15, 0.2) is 17.2 Å². The molecule has 0 amide bonds. The van der Waals surface area contributed by atoms with Crippen LogP contribution in [0.1, 0.15) is 20.8 Å². The standard InChI is InChI=1S/C11H7NO6/c13-7-2-4-1-5(10(15)16)9(11(17)18)12-6(4)3-8(7)14/h1-3,13-14H,(H,15,16)(H,17,18). The van der Waals surface area contributed by atoms with Crippen molar-refractivity contribution in [3.05, 3.63) is 29.5 Å². The zero-order valence-corrected chi connectivity index (χ0v) is 8.78. The van der Waals surface area contributed by atoms with E-state index in [1.807, 2.05) is 0 Å². The molecular weight excluding hydrogens is 242 g/mol. The van der Waals surface area contributed by atoms with Gasteiger partial charge in [-0.15, -0.1) is 0 Å². The lowest BCUT2D eigenvalue weighted by Gasteiger charge is -2.05. The Balaban J connectivity index is 2.84. The zero-order chi connectivity index (χ0) is 13.4. The second-order valence-electron chi connectivity index (χ2n) is 3.53. The van der Waals surface area contributed by atoms with Crippen LogP contribution in [0.3, 0.4) is 0 Å². The Kier molecular flexibility index (Phi) is 2.51. The molecule has 7 heteroatoms. The van der Waals surface area contributed by atoms with E-state index in [4.69, 9.17) is 10.2 Å². The van der Waals surface area contributed by atoms with Crippen LogP contribution in [0, 0.1) is 0 Å². The molecule has 2 aromatic rings. The number of rotatable bonds is 2. The number of phenolic OH excluding ortho intramolecular Hbond substituents is 2. The molecule has 7 nitrogen and oxygen atoms in total. The number of hydrogen-bond donors (Lipinski definition) is 4. The van der Waals surface area contributed by atoms with Crippen molar-refractivity contribution in [3.63, 3.8) is 0 Å². The van der Waals surface area contributed by atoms with Crippen molar-refractivity contribution in [1.29, 1.82) is 0 Å². The topological polar surface area (TPSA) is 128 Å². The number of aromatic carboxylic acids is 2. The Labute approximate surface area is 99.6 Å². The molecule has 0 radical (unpaired) electrons. The summed E-state index contributed by atoms with van der Waals surface area (Å²) in [5, 5.41) is 36.5. The smallest absolute Gasteiger partial charge is 0.355 e. The number of benzene rings is 1. The summed E-state index contributed by atoms with van der Waals surface area (Å²) in [6, 6.07) is 3.24. The van der Waals surface area contributed by atoms with Gasteiger partial charge in [0.2, 0.25) is 0 Å². The maximum Gasteiger partial charge on any atom is 0.355 e. The molecule has 0 saturated carbocycles. The van der Waals surface area contributed by atoms with Crippen molar-refractivity contribution in [2.24, 2.45) is 0 Å². The molecule has 0 aliphatic heterocycles. The molecule has 2 rings (SSSR count). The summed E-state index contributed by atoms with van der Waals surface area (Å²) in [6.07, 6.45) is 0. The summed E-state index contributed by atoms with van der Waals surface area (Å²) >= 11 is 0. The van der Waals surface area contributed by atoms with E-state index < -0.39 is 34.7 Å². The maximum atomic E-state index is 10.9. The van der Waals surface area contributed by atoms with E-state index in [2.05, 4.69) is 4.98 Å². The van der Waals surface area contributed by atoms with Crippen LogP contribution in [0.25, 0.3) is 10.9 Å². The van der Waals surface area contributed by atoms with Crippen molar-refractivity contribution >= 4 is 22.8 Å². The highest BCUT2D eigenvalue weighted by molar-refractivity contribution is 6.03. The predicted octanol–water partition coefficient (Wildman–Crippen LogP) is 1.04. The first-order chi connectivity index (χ1) is 8.40. The van der Waals surface area contributed by atoms with Crippen LogP contribution >= 0.6 is 0 Å². The quantitative estimate of drug-likeness (QED) is 0.585. The summed E-state index contributed by atoms with van der Waals surface area (Å²) in [6.45, 7) is 0. The van der Waals surface area contributed by atoms with E-state index in [9.17, 15) is 19.8 Å². The molecule has 0 aliphatic carbocycles. The van der Waals surface area contributed by atoms with E-state index in [0.29, 0.717) is 0 Å². The molecular formula is C11H7NO6. The fourth-order valence-corrected chi connectivity index (χ4v) is 1.52. The van der Waals surface area contributed by atoms with Gasteiger partial charge in [0, 0.05) is 11.5 Å². The molecule has 0 fully saturated rings. The van der Waals surface area contributed by atoms with Crippen LogP contribution in [0.4, 0.5) is 0 Å². The normalized spacial score (nSPS) is 10.4. The number of aromatic hydroxyl groups is 2. The van der Waals surface area contributed by atoms with Gasteiger partial charge in [-0.1, -0.05) is 0 Å². The average Bonchev–Trinajstić information content (AvgIpc) is 2.28. The van der Waals surface area contributed by atoms with Crippen LogP contribution in [-0.2, 0) is 0 Å². The van der Waals surface area contributed by atoms with Crippen LogP contribution in [0.15, 0.2) is 18.2 Å². The van der Waals surface area contributed by atoms with Gasteiger partial charge in [-0.2, -0.15) is 0 Å². The van der Waals surface area contributed by atoms with Gasteiger partial charge in [0.25, 0.3) is 0 Å². The molecule has 1 heterocycles. The first-order valence-corrected chi connectivity index (χ1v) is 4.73. The third kappa shape index (κ3) is 1.77. The molecule has 0 spiro atoms. The lowest BCUT2D eigenvalue weighted by molar-refractivity contribution is 0.0647. The summed E-state index contributed by atoms with van der Waals surface area (Å²) in [7, 11) is 0. The second-order valence-corrected chi connectivity index (χ2v) is 3.53. The molecule has 0 atom stereocenters. The number of hydrogen-bond acceptors (Lipinski definition) is 5. The Hall–Kier alpha value is -2.83. The first kappa shape index (κ1) is 11.6. The van der Waals surface area contributed by atoms with E-state index in [-0.39, 0.29) is 10.9 Å². The van der Waals surface area contributed by atoms with Crippen molar-refractivity contribution in [3.8, 4) is 11.5 Å². The maximum absolute atomic E-state index is 10.9. The molecule has 1 aromatic carbocycles. The van der Waals surface area contributed by atoms with Crippen LogP contribution < -0.4 is 0 Å². The number of fused-ring (bicyclic) bond motifs is 1. The minimum absolute atomic E-state index is 0.0766. The highest BCUT2D eigenvalue weighted by Gasteiger charge is 2.19. The number of carboxylic acids is 2. The Bertz CT molecular complexity index is 620. The Morgan fingerprint density at radius 3 is 2.11 bits per heavy atom. The number of pyridine rings is 1. The van der Waals surface area contributed by atoms with Gasteiger partial charge in [-0.3, -0.25) is 0 Å². The number of phenols is 2. The molecule has 92 valence electrons. The van der Waals surface area contributed by atoms with E-state index in [0.717, 1.165) is 18.2 Å². The van der Waals surface area contributed by atoms with E-state index in [1.165, 1.54) is 0 Å². The molecule has 4 N–H and O–H groups in total. The molecule has 0 unspecified atom stereocenters. The van der Waals surface area contributed by atoms with Gasteiger partial charge in [0.1, 0.15) is 0 Å². The van der Waals surface area contributed by atoms with Crippen molar-refractivity contribution in [2.75, 3.05) is 0 Å². The lowest BCUT2D eigenvalue weighted by Crippen LogP contribution is -2.10. The minimum atomic E-state index is -1.48. The van der Waals surface area contributed by atoms with Crippen LogP contribution in [-0.4, -0.2) is 37.3 Å². The highest BCUT2D eigenvalue weighted by Crippen LogP contribution is 2.30. The summed E-state index contributed by atoms with van der Waals surface area (Å²) < 4.78 is 0. The second kappa shape index (κ2) is 3.88. The van der Waals surface area contributed by atoms with Crippen molar-refractivity contribution < 1.29 is 30.0 Å². The fraction of sp³-hybridized carbons (Fsp3) is 0. The van der Waals surface area contributed by atoms with Gasteiger partial charge in [-0.05, 0) is 12.1 Å². The number of nitrogens with zero attached hydrogens (tertiary/aromatic N) is 1. The summed E-state index contributed by atoms with van der Waals surface area (Å²) in [5.74, 6) is -3.82. The monoisotopic (exact) mass is 249 g/mol. The van der Waals surface area contributed by atoms with Gasteiger partial charge >= 0.3 is 11.9 Å². The van der Waals surface area contributed by atoms with Crippen LogP contribution in [0.5, 0.6) is 11.5 Å². The number of carboxylic acid groups (broad SMARTS) is 2. The van der Waals surface area contributed by atoms with E-state index >= 15 is 0 Å². The minimum Gasteiger partial charge on any atom is -0.504 e. The molecule has 0 bridgehead atoms. The molecule has 1 aromatic heterocycles. The van der Waals surface area contributed by atoms with Crippen LogP contribution in [0.2, 0.25) is 0 Å². The summed E-state index contributed by atoms with van der Waals surface area (Å²) in [4.78, 5) is 25.4. The third-order valence-electron chi connectivity index (χ3n) is 2.34. The average molecular weight is 249 g/mol. The Morgan fingerprint density at radius 2 is 1.56 bits per heavy atom. The molecule has 0 aliphatic rings. The Morgan fingerprint density at radius 1 is 0.944 bits per heavy atom. The molecule has 18 heavy (non-hydrogen) atoms. The largest absolute Gasteiger partial charge is 0.504 e. The van der Waals surface area contributed by atoms with Gasteiger partial charge in [0.05, 0.1) is 11.1 Å². The van der Waals surface area contributed by atoms with Crippen molar-refractivity contribution in [2.45, 2.75) is 0 Å². The van der Waals surface area contributed by atoms with Gasteiger partial charge < -0.3 is 20.4 Å². The fourth-order valence-electron chi connectivity index (χ4n) is 1.52. The lowest BCUT2D eigenvalue weighted by atomic mass is 10.1. The zero-order valence-electron chi connectivity index (χ0n) is 8.78. The summed E-state index contributed by atoms with van der Waals surface area (Å²) in [5.41, 5.74) is -1.03. The van der Waals surface area contributed by atoms with Crippen molar-refractivity contribution in [1.82, 2.24) is 4.98 Å². The SMILES string of the molecule is O=C(O)c1cc2cc(O)c(O)cc2nc1C(=O)O.